The van der Waals surface area contributed by atoms with Crippen LogP contribution >= 0.6 is 0 Å². The highest BCUT2D eigenvalue weighted by atomic mass is 16.6. The molecule has 0 amide bonds. The highest BCUT2D eigenvalue weighted by Crippen LogP contribution is 2.21. The first-order valence-corrected chi connectivity index (χ1v) is 4.53. The molecule has 0 radical (unpaired) electrons. The lowest BCUT2D eigenvalue weighted by Gasteiger charge is -1.98. The number of phenolic OH excluding ortho intramolecular Hbond substituents is 1. The van der Waals surface area contributed by atoms with Crippen molar-refractivity contribution in [3.63, 3.8) is 0 Å². The van der Waals surface area contributed by atoms with E-state index in [2.05, 4.69) is 15.3 Å². The third-order valence-corrected chi connectivity index (χ3v) is 1.96. The number of nitrogens with zero attached hydrogens (tertiary/aromatic N) is 5. The zero-order valence-electron chi connectivity index (χ0n) is 8.46. The molecule has 0 saturated carbocycles. The van der Waals surface area contributed by atoms with E-state index in [9.17, 15) is 15.2 Å². The van der Waals surface area contributed by atoms with Crippen LogP contribution in [0.4, 0.5) is 5.69 Å². The van der Waals surface area contributed by atoms with Gasteiger partial charge in [0, 0.05) is 11.6 Å². The number of aromatic nitrogens is 3. The number of non-ortho nitro benzene ring substituents is 1. The molecule has 0 aliphatic carbocycles. The second-order valence-electron chi connectivity index (χ2n) is 3.09. The fraction of sp³-hybridized carbons (Fsp3) is 0. The molecular weight excluding hydrogens is 226 g/mol. The molecule has 0 aliphatic rings. The first-order chi connectivity index (χ1) is 8.16. The van der Waals surface area contributed by atoms with Gasteiger partial charge in [0.05, 0.1) is 17.2 Å². The molecule has 8 heteroatoms. The number of nitro groups is 1. The van der Waals surface area contributed by atoms with Crippen molar-refractivity contribution < 1.29 is 10.0 Å². The van der Waals surface area contributed by atoms with E-state index in [0.717, 1.165) is 6.07 Å². The Labute approximate surface area is 95.0 Å². The van der Waals surface area contributed by atoms with Crippen LogP contribution in [0.3, 0.4) is 0 Å². The number of benzene rings is 1. The summed E-state index contributed by atoms with van der Waals surface area (Å²) in [6.45, 7) is 0. The SMILES string of the molecule is O=[N+]([O-])c1ccc(/C=N\n2cnnc2)c(O)c1. The number of rotatable bonds is 3. The molecule has 0 aliphatic heterocycles. The predicted octanol–water partition coefficient (Wildman–Crippen LogP) is 0.774. The van der Waals surface area contributed by atoms with E-state index in [-0.39, 0.29) is 11.4 Å². The van der Waals surface area contributed by atoms with Gasteiger partial charge in [0.2, 0.25) is 0 Å². The minimum Gasteiger partial charge on any atom is -0.507 e. The second-order valence-corrected chi connectivity index (χ2v) is 3.09. The average molecular weight is 233 g/mol. The molecule has 8 nitrogen and oxygen atoms in total. The van der Waals surface area contributed by atoms with Crippen LogP contribution in [0.15, 0.2) is 36.0 Å². The molecule has 0 unspecified atom stereocenters. The fourth-order valence-electron chi connectivity index (χ4n) is 1.14. The van der Waals surface area contributed by atoms with Crippen molar-refractivity contribution in [2.45, 2.75) is 0 Å². The maximum Gasteiger partial charge on any atom is 0.273 e. The summed E-state index contributed by atoms with van der Waals surface area (Å²) in [5, 5.41) is 31.0. The van der Waals surface area contributed by atoms with E-state index in [4.69, 9.17) is 0 Å². The van der Waals surface area contributed by atoms with Crippen molar-refractivity contribution in [3.05, 3.63) is 46.5 Å². The lowest BCUT2D eigenvalue weighted by Crippen LogP contribution is -1.91. The van der Waals surface area contributed by atoms with E-state index >= 15 is 0 Å². The molecule has 0 saturated heterocycles. The molecule has 1 aromatic carbocycles. The Kier molecular flexibility index (Phi) is 2.77. The van der Waals surface area contributed by atoms with Gasteiger partial charge in [0.25, 0.3) is 5.69 Å². The summed E-state index contributed by atoms with van der Waals surface area (Å²) < 4.78 is 1.33. The first kappa shape index (κ1) is 10.7. The lowest BCUT2D eigenvalue weighted by atomic mass is 10.2. The number of aromatic hydroxyl groups is 1. The fourth-order valence-corrected chi connectivity index (χ4v) is 1.14. The molecular formula is C9H7N5O3. The summed E-state index contributed by atoms with van der Waals surface area (Å²) in [6, 6.07) is 3.75. The van der Waals surface area contributed by atoms with Crippen molar-refractivity contribution in [1.29, 1.82) is 0 Å². The molecule has 1 aromatic heterocycles. The van der Waals surface area contributed by atoms with Crippen LogP contribution in [0.5, 0.6) is 5.75 Å². The molecule has 17 heavy (non-hydrogen) atoms. The molecule has 2 rings (SSSR count). The van der Waals surface area contributed by atoms with Gasteiger partial charge in [-0.1, -0.05) is 0 Å². The van der Waals surface area contributed by atoms with Gasteiger partial charge in [0.15, 0.2) is 0 Å². The average Bonchev–Trinajstić information content (AvgIpc) is 2.80. The van der Waals surface area contributed by atoms with Crippen LogP contribution in [0.2, 0.25) is 0 Å². The normalized spacial score (nSPS) is 10.8. The highest BCUT2D eigenvalue weighted by Gasteiger charge is 2.08. The minimum absolute atomic E-state index is 0.177. The van der Waals surface area contributed by atoms with Crippen LogP contribution in [-0.2, 0) is 0 Å². The molecule has 86 valence electrons. The summed E-state index contributed by atoms with van der Waals surface area (Å²) in [5.41, 5.74) is 0.188. The van der Waals surface area contributed by atoms with Gasteiger partial charge >= 0.3 is 0 Å². The summed E-state index contributed by atoms with van der Waals surface area (Å²) >= 11 is 0. The van der Waals surface area contributed by atoms with Gasteiger partial charge in [0.1, 0.15) is 18.4 Å². The molecule has 0 bridgehead atoms. The largest absolute Gasteiger partial charge is 0.507 e. The topological polar surface area (TPSA) is 106 Å². The Bertz CT molecular complexity index is 564. The zero-order valence-corrected chi connectivity index (χ0v) is 8.46. The summed E-state index contributed by atoms with van der Waals surface area (Å²) in [7, 11) is 0. The Hall–Kier alpha value is -2.77. The number of hydrogen-bond donors (Lipinski definition) is 1. The summed E-state index contributed by atoms with van der Waals surface area (Å²) in [6.07, 6.45) is 4.10. The first-order valence-electron chi connectivity index (χ1n) is 4.53. The van der Waals surface area contributed by atoms with Gasteiger partial charge < -0.3 is 5.11 Å². The molecule has 0 spiro atoms. The smallest absolute Gasteiger partial charge is 0.273 e. The van der Waals surface area contributed by atoms with Crippen molar-refractivity contribution in [2.75, 3.05) is 0 Å². The van der Waals surface area contributed by atoms with Gasteiger partial charge in [-0.2, -0.15) is 5.10 Å². The maximum absolute atomic E-state index is 10.4. The van der Waals surface area contributed by atoms with Gasteiger partial charge in [-0.25, -0.2) is 4.68 Å². The van der Waals surface area contributed by atoms with E-state index < -0.39 is 4.92 Å². The Morgan fingerprint density at radius 2 is 2.12 bits per heavy atom. The van der Waals surface area contributed by atoms with Crippen molar-refractivity contribution in [2.24, 2.45) is 5.10 Å². The minimum atomic E-state index is -0.583. The maximum atomic E-state index is 10.4. The standard InChI is InChI=1S/C9H7N5O3/c15-9-3-8(14(16)17)2-1-7(9)4-12-13-5-10-11-6-13/h1-6,15H/b12-4-. The van der Waals surface area contributed by atoms with Crippen LogP contribution in [0.1, 0.15) is 5.56 Å². The lowest BCUT2D eigenvalue weighted by molar-refractivity contribution is -0.384. The van der Waals surface area contributed by atoms with Crippen LogP contribution in [0, 0.1) is 10.1 Å². The Morgan fingerprint density at radius 1 is 1.41 bits per heavy atom. The second kappa shape index (κ2) is 4.39. The third kappa shape index (κ3) is 2.43. The highest BCUT2D eigenvalue weighted by molar-refractivity contribution is 5.83. The monoisotopic (exact) mass is 233 g/mol. The predicted molar refractivity (Wildman–Crippen MR) is 57.8 cm³/mol. The third-order valence-electron chi connectivity index (χ3n) is 1.96. The number of nitro benzene ring substituents is 1. The van der Waals surface area contributed by atoms with Crippen LogP contribution in [-0.4, -0.2) is 31.1 Å². The Balaban J connectivity index is 2.25. The Morgan fingerprint density at radius 3 is 2.71 bits per heavy atom. The van der Waals surface area contributed by atoms with E-state index in [1.54, 1.807) is 0 Å². The number of phenols is 1. The number of hydrogen-bond acceptors (Lipinski definition) is 6. The van der Waals surface area contributed by atoms with Gasteiger partial charge in [-0.3, -0.25) is 10.1 Å². The van der Waals surface area contributed by atoms with Crippen LogP contribution < -0.4 is 0 Å². The molecule has 0 fully saturated rings. The quantitative estimate of drug-likeness (QED) is 0.478. The molecule has 1 heterocycles. The van der Waals surface area contributed by atoms with Crippen molar-refractivity contribution in [1.82, 2.24) is 14.9 Å². The summed E-state index contributed by atoms with van der Waals surface area (Å²) in [4.78, 5) is 9.87. The molecule has 1 N–H and O–H groups in total. The molecule has 0 atom stereocenters. The van der Waals surface area contributed by atoms with E-state index in [1.807, 2.05) is 0 Å². The summed E-state index contributed by atoms with van der Waals surface area (Å²) in [5.74, 6) is -0.212. The van der Waals surface area contributed by atoms with Crippen LogP contribution in [0.25, 0.3) is 0 Å². The zero-order chi connectivity index (χ0) is 12.3. The van der Waals surface area contributed by atoms with Crippen molar-refractivity contribution >= 4 is 11.9 Å². The van der Waals surface area contributed by atoms with E-state index in [1.165, 1.54) is 35.7 Å². The molecule has 2 aromatic rings. The van der Waals surface area contributed by atoms with Crippen molar-refractivity contribution in [3.8, 4) is 5.75 Å². The van der Waals surface area contributed by atoms with Gasteiger partial charge in [-0.15, -0.1) is 10.2 Å². The van der Waals surface area contributed by atoms with Gasteiger partial charge in [-0.05, 0) is 6.07 Å². The van der Waals surface area contributed by atoms with E-state index in [0.29, 0.717) is 5.56 Å².